The molecule has 0 saturated carbocycles. The van der Waals surface area contributed by atoms with Crippen molar-refractivity contribution in [3.05, 3.63) is 90.4 Å². The Kier molecular flexibility index (Phi) is 13.0. The highest BCUT2D eigenvalue weighted by Gasteiger charge is 2.22. The van der Waals surface area contributed by atoms with Gasteiger partial charge in [0, 0.05) is 42.4 Å². The largest absolute Gasteiger partial charge is 0.493 e. The third-order valence-electron chi connectivity index (χ3n) is 6.97. The van der Waals surface area contributed by atoms with Crippen LogP contribution in [-0.2, 0) is 9.47 Å². The summed E-state index contributed by atoms with van der Waals surface area (Å²) in [6.07, 6.45) is 4.43. The van der Waals surface area contributed by atoms with E-state index in [1.54, 1.807) is 43.2 Å². The number of anilines is 2. The number of allylic oxidation sites excluding steroid dienone is 3. The van der Waals surface area contributed by atoms with E-state index in [4.69, 9.17) is 18.9 Å². The van der Waals surface area contributed by atoms with E-state index in [1.807, 2.05) is 58.7 Å². The number of ether oxygens (including phenoxy) is 4. The second-order valence-corrected chi connectivity index (χ2v) is 12.9. The molecule has 0 aliphatic carbocycles. The molecule has 3 rings (SSSR count). The van der Waals surface area contributed by atoms with Crippen molar-refractivity contribution in [3.63, 3.8) is 0 Å². The summed E-state index contributed by atoms with van der Waals surface area (Å²) >= 11 is 1.13. The van der Waals surface area contributed by atoms with Crippen LogP contribution in [0.25, 0.3) is 5.69 Å². The van der Waals surface area contributed by atoms with Gasteiger partial charge < -0.3 is 23.8 Å². The van der Waals surface area contributed by atoms with Crippen molar-refractivity contribution >= 4 is 23.3 Å². The Morgan fingerprint density at radius 2 is 1.67 bits per heavy atom. The number of imidazole rings is 1. The second-order valence-electron chi connectivity index (χ2n) is 12.0. The fourth-order valence-corrected chi connectivity index (χ4v) is 5.32. The first-order valence-electron chi connectivity index (χ1n) is 14.8. The number of nitrogens with zero attached hydrogens (tertiary/aromatic N) is 3. The molecule has 0 atom stereocenters. The summed E-state index contributed by atoms with van der Waals surface area (Å²) < 4.78 is 68.6. The lowest BCUT2D eigenvalue weighted by molar-refractivity contribution is -0.0591. The van der Waals surface area contributed by atoms with Crippen LogP contribution in [0.3, 0.4) is 0 Å². The molecule has 0 fully saturated rings. The van der Waals surface area contributed by atoms with Gasteiger partial charge in [-0.3, -0.25) is 4.57 Å². The first-order chi connectivity index (χ1) is 21.7. The zero-order valence-electron chi connectivity index (χ0n) is 27.8. The lowest BCUT2D eigenvalue weighted by atomic mass is 10.1. The van der Waals surface area contributed by atoms with E-state index in [0.717, 1.165) is 23.5 Å². The maximum Gasteiger partial charge on any atom is 0.174 e. The molecule has 250 valence electrons. The second kappa shape index (κ2) is 16.2. The standard InChI is InChI=1S/C35H44F3N3O4S/c1-10-28(37)27(29(38)17-19-45-35(5,6)18-20-44-34(2,3)4)23-46-33-39-22-32(41(33)25-13-11-24(36)12-14-25)40(7)26-15-16-30(42-8)31(21-26)43-9/h10-17,21-22H,1,18-20,23H2,2-9H3/b28-27+,29-17+. The summed E-state index contributed by atoms with van der Waals surface area (Å²) in [4.78, 5) is 6.45. The zero-order valence-corrected chi connectivity index (χ0v) is 28.6. The van der Waals surface area contributed by atoms with Gasteiger partial charge >= 0.3 is 0 Å². The maximum absolute atomic E-state index is 15.4. The third-order valence-corrected chi connectivity index (χ3v) is 7.95. The van der Waals surface area contributed by atoms with E-state index < -0.39 is 23.1 Å². The van der Waals surface area contributed by atoms with Gasteiger partial charge in [0.15, 0.2) is 16.7 Å². The molecule has 0 aliphatic heterocycles. The summed E-state index contributed by atoms with van der Waals surface area (Å²) in [5, 5.41) is 0.437. The Bertz CT molecular complexity index is 1530. The van der Waals surface area contributed by atoms with E-state index in [1.165, 1.54) is 18.2 Å². The number of thioether (sulfide) groups is 1. The van der Waals surface area contributed by atoms with Gasteiger partial charge in [0.25, 0.3) is 0 Å². The zero-order chi connectivity index (χ0) is 34.1. The first kappa shape index (κ1) is 36.8. The number of hydrogen-bond acceptors (Lipinski definition) is 7. The van der Waals surface area contributed by atoms with Gasteiger partial charge in [-0.25, -0.2) is 18.2 Å². The van der Waals surface area contributed by atoms with E-state index in [-0.39, 0.29) is 23.5 Å². The number of rotatable bonds is 16. The number of aromatic nitrogens is 2. The van der Waals surface area contributed by atoms with Crippen molar-refractivity contribution in [3.8, 4) is 17.2 Å². The maximum atomic E-state index is 15.4. The number of benzene rings is 2. The van der Waals surface area contributed by atoms with Gasteiger partial charge in [-0.1, -0.05) is 18.3 Å². The molecule has 0 radical (unpaired) electrons. The number of hydrogen-bond donors (Lipinski definition) is 0. The Labute approximate surface area is 274 Å². The van der Waals surface area contributed by atoms with Crippen LogP contribution >= 0.6 is 11.8 Å². The van der Waals surface area contributed by atoms with E-state index in [2.05, 4.69) is 11.6 Å². The molecule has 0 saturated heterocycles. The molecule has 0 unspecified atom stereocenters. The van der Waals surface area contributed by atoms with Crippen LogP contribution in [0.4, 0.5) is 24.7 Å². The summed E-state index contributed by atoms with van der Waals surface area (Å²) in [5.41, 5.74) is 0.347. The Morgan fingerprint density at radius 3 is 2.28 bits per heavy atom. The minimum Gasteiger partial charge on any atom is -0.493 e. The quantitative estimate of drug-likeness (QED) is 0.112. The van der Waals surface area contributed by atoms with Gasteiger partial charge in [-0.05, 0) is 89.6 Å². The Balaban J connectivity index is 1.87. The summed E-state index contributed by atoms with van der Waals surface area (Å²) in [6, 6.07) is 11.4. The van der Waals surface area contributed by atoms with Crippen LogP contribution in [0.5, 0.6) is 11.5 Å². The van der Waals surface area contributed by atoms with Gasteiger partial charge in [-0.2, -0.15) is 0 Å². The lowest BCUT2D eigenvalue weighted by Gasteiger charge is -2.27. The molecule has 1 heterocycles. The molecule has 2 aromatic carbocycles. The number of halogens is 3. The van der Waals surface area contributed by atoms with Gasteiger partial charge in [0.1, 0.15) is 23.3 Å². The summed E-state index contributed by atoms with van der Waals surface area (Å²) in [7, 11) is 4.95. The predicted molar refractivity (Wildman–Crippen MR) is 180 cm³/mol. The molecule has 0 aliphatic rings. The minimum atomic E-state index is -0.790. The highest BCUT2D eigenvalue weighted by molar-refractivity contribution is 7.99. The molecule has 46 heavy (non-hydrogen) atoms. The molecular formula is C35H44F3N3O4S. The van der Waals surface area contributed by atoms with Gasteiger partial charge in [-0.15, -0.1) is 0 Å². The van der Waals surface area contributed by atoms with Crippen LogP contribution < -0.4 is 14.4 Å². The van der Waals surface area contributed by atoms with Crippen LogP contribution in [-0.4, -0.2) is 61.0 Å². The molecule has 0 amide bonds. The minimum absolute atomic E-state index is 0.0581. The fourth-order valence-electron chi connectivity index (χ4n) is 4.31. The predicted octanol–water partition coefficient (Wildman–Crippen LogP) is 9.15. The van der Waals surface area contributed by atoms with Gasteiger partial charge in [0.2, 0.25) is 0 Å². The average Bonchev–Trinajstić information content (AvgIpc) is 3.43. The first-order valence-corrected chi connectivity index (χ1v) is 15.8. The monoisotopic (exact) mass is 659 g/mol. The lowest BCUT2D eigenvalue weighted by Crippen LogP contribution is -2.29. The molecule has 3 aromatic rings. The summed E-state index contributed by atoms with van der Waals surface area (Å²) in [6.45, 7) is 13.6. The highest BCUT2D eigenvalue weighted by Crippen LogP contribution is 2.37. The fraction of sp³-hybridized carbons (Fsp3) is 0.400. The summed E-state index contributed by atoms with van der Waals surface area (Å²) in [5.74, 6) is -0.304. The average molecular weight is 660 g/mol. The van der Waals surface area contributed by atoms with Crippen molar-refractivity contribution in [2.75, 3.05) is 45.1 Å². The molecular weight excluding hydrogens is 615 g/mol. The van der Waals surface area contributed by atoms with Crippen molar-refractivity contribution in [2.45, 2.75) is 57.4 Å². The Morgan fingerprint density at radius 1 is 1.00 bits per heavy atom. The van der Waals surface area contributed by atoms with Crippen LogP contribution in [0.1, 0.15) is 41.0 Å². The van der Waals surface area contributed by atoms with Crippen molar-refractivity contribution < 1.29 is 32.1 Å². The van der Waals surface area contributed by atoms with Crippen molar-refractivity contribution in [1.82, 2.24) is 9.55 Å². The topological polar surface area (TPSA) is 58.0 Å². The molecule has 7 nitrogen and oxygen atoms in total. The molecule has 11 heteroatoms. The molecule has 0 bridgehead atoms. The Hall–Kier alpha value is -3.67. The SMILES string of the molecule is C=C/C(F)=C(CSc1ncc(N(C)c2ccc(OC)c(OC)c2)n1-c1ccc(F)cc1)\C(F)=C/COC(C)(C)CCOC(C)(C)C. The van der Waals surface area contributed by atoms with E-state index in [0.29, 0.717) is 41.2 Å². The van der Waals surface area contributed by atoms with Crippen LogP contribution in [0.2, 0.25) is 0 Å². The van der Waals surface area contributed by atoms with Crippen LogP contribution in [0, 0.1) is 5.82 Å². The molecule has 0 spiro atoms. The van der Waals surface area contributed by atoms with E-state index in [9.17, 15) is 8.78 Å². The highest BCUT2D eigenvalue weighted by atomic mass is 32.2. The van der Waals surface area contributed by atoms with Crippen LogP contribution in [0.15, 0.2) is 89.8 Å². The van der Waals surface area contributed by atoms with Gasteiger partial charge in [0.05, 0.1) is 38.2 Å². The van der Waals surface area contributed by atoms with Crippen molar-refractivity contribution in [1.29, 1.82) is 0 Å². The van der Waals surface area contributed by atoms with E-state index >= 15 is 4.39 Å². The number of methoxy groups -OCH3 is 2. The molecule has 1 aromatic heterocycles. The smallest absolute Gasteiger partial charge is 0.174 e. The molecule has 0 N–H and O–H groups in total. The van der Waals surface area contributed by atoms with Crippen molar-refractivity contribution in [2.24, 2.45) is 0 Å². The third kappa shape index (κ3) is 10.2. The normalized spacial score (nSPS) is 13.0.